The third-order valence-corrected chi connectivity index (χ3v) is 4.26. The van der Waals surface area contributed by atoms with Crippen LogP contribution in [0.2, 0.25) is 0 Å². The highest BCUT2D eigenvalue weighted by molar-refractivity contribution is 6.02. The third-order valence-electron chi connectivity index (χ3n) is 4.26. The van der Waals surface area contributed by atoms with Gasteiger partial charge in [-0.05, 0) is 54.5 Å². The lowest BCUT2D eigenvalue weighted by Crippen LogP contribution is -2.07. The van der Waals surface area contributed by atoms with Crippen molar-refractivity contribution < 1.29 is 14.3 Å². The van der Waals surface area contributed by atoms with E-state index in [0.717, 1.165) is 16.6 Å². The van der Waals surface area contributed by atoms with Crippen LogP contribution >= 0.6 is 0 Å². The highest BCUT2D eigenvalue weighted by Gasteiger charge is 2.14. The third kappa shape index (κ3) is 3.78. The maximum absolute atomic E-state index is 12.2. The monoisotopic (exact) mass is 370 g/mol. The van der Waals surface area contributed by atoms with Crippen LogP contribution in [-0.2, 0) is 4.79 Å². The lowest BCUT2D eigenvalue weighted by atomic mass is 10.1. The molecule has 4 rings (SSSR count). The quantitative estimate of drug-likeness (QED) is 0.384. The molecule has 0 saturated heterocycles. The van der Waals surface area contributed by atoms with Gasteiger partial charge in [0.15, 0.2) is 5.58 Å². The number of phenols is 1. The van der Waals surface area contributed by atoms with Gasteiger partial charge < -0.3 is 14.8 Å². The Balaban J connectivity index is 1.58. The molecule has 0 saturated carbocycles. The van der Waals surface area contributed by atoms with Gasteiger partial charge in [-0.2, -0.15) is 0 Å². The summed E-state index contributed by atoms with van der Waals surface area (Å²) in [4.78, 5) is 16.6. The van der Waals surface area contributed by atoms with Crippen molar-refractivity contribution in [3.63, 3.8) is 0 Å². The molecule has 4 aromatic rings. The number of carbonyl (C=O) groups excluding carboxylic acids is 1. The van der Waals surface area contributed by atoms with Crippen LogP contribution in [0.25, 0.3) is 28.6 Å². The summed E-state index contributed by atoms with van der Waals surface area (Å²) in [6, 6.07) is 20.0. The average molecular weight is 370 g/mol. The van der Waals surface area contributed by atoms with E-state index in [0.29, 0.717) is 22.7 Å². The van der Waals surface area contributed by atoms with Crippen LogP contribution in [0.4, 0.5) is 5.69 Å². The summed E-state index contributed by atoms with van der Waals surface area (Å²) in [5.41, 5.74) is 4.32. The minimum atomic E-state index is -0.270. The standard InChI is InChI=1S/C23H18N2O3/c1-15-7-11-21-19(13-15)25-23(28-21)18-14-17(9-10-20(18)26)24-22(27)12-8-16-5-3-2-4-6-16/h2-14,26H,1H3,(H,24,27). The first-order valence-corrected chi connectivity index (χ1v) is 8.83. The number of nitrogens with zero attached hydrogens (tertiary/aromatic N) is 1. The second kappa shape index (κ2) is 7.40. The summed E-state index contributed by atoms with van der Waals surface area (Å²) in [6.45, 7) is 1.98. The lowest BCUT2D eigenvalue weighted by molar-refractivity contribution is -0.111. The van der Waals surface area contributed by atoms with Crippen molar-refractivity contribution in [3.8, 4) is 17.2 Å². The van der Waals surface area contributed by atoms with Gasteiger partial charge in [-0.3, -0.25) is 4.79 Å². The molecule has 28 heavy (non-hydrogen) atoms. The number of benzene rings is 3. The van der Waals surface area contributed by atoms with Gasteiger partial charge in [-0.1, -0.05) is 36.4 Å². The Bertz CT molecular complexity index is 1180. The van der Waals surface area contributed by atoms with Crippen LogP contribution in [0, 0.1) is 6.92 Å². The molecule has 0 atom stereocenters. The molecule has 0 unspecified atom stereocenters. The number of phenolic OH excluding ortho intramolecular Hbond substituents is 1. The predicted molar refractivity (Wildman–Crippen MR) is 110 cm³/mol. The van der Waals surface area contributed by atoms with Crippen molar-refractivity contribution in [2.45, 2.75) is 6.92 Å². The van der Waals surface area contributed by atoms with Crippen LogP contribution in [0.15, 0.2) is 77.2 Å². The SMILES string of the molecule is Cc1ccc2oc(-c3cc(NC(=O)C=Cc4ccccc4)ccc3O)nc2c1. The highest BCUT2D eigenvalue weighted by Crippen LogP contribution is 2.33. The van der Waals surface area contributed by atoms with E-state index in [-0.39, 0.29) is 11.7 Å². The van der Waals surface area contributed by atoms with Crippen molar-refractivity contribution in [1.82, 2.24) is 4.98 Å². The molecule has 1 amide bonds. The summed E-state index contributed by atoms with van der Waals surface area (Å²) in [7, 11) is 0. The van der Waals surface area contributed by atoms with Gasteiger partial charge in [0.1, 0.15) is 11.3 Å². The van der Waals surface area contributed by atoms with Crippen molar-refractivity contribution in [3.05, 3.63) is 83.9 Å². The van der Waals surface area contributed by atoms with Crippen LogP contribution < -0.4 is 5.32 Å². The van der Waals surface area contributed by atoms with Gasteiger partial charge in [-0.15, -0.1) is 0 Å². The fraction of sp³-hybridized carbons (Fsp3) is 0.0435. The molecule has 1 heterocycles. The zero-order valence-corrected chi connectivity index (χ0v) is 15.2. The van der Waals surface area contributed by atoms with E-state index >= 15 is 0 Å². The molecule has 138 valence electrons. The number of aromatic hydroxyl groups is 1. The Hall–Kier alpha value is -3.86. The smallest absolute Gasteiger partial charge is 0.248 e. The van der Waals surface area contributed by atoms with Crippen LogP contribution in [-0.4, -0.2) is 16.0 Å². The number of fused-ring (bicyclic) bond motifs is 1. The molecule has 0 spiro atoms. The fourth-order valence-electron chi connectivity index (χ4n) is 2.86. The summed E-state index contributed by atoms with van der Waals surface area (Å²) in [6.07, 6.45) is 3.20. The Kier molecular flexibility index (Phi) is 4.64. The van der Waals surface area contributed by atoms with E-state index in [1.165, 1.54) is 12.1 Å². The molecule has 0 aliphatic heterocycles. The van der Waals surface area contributed by atoms with Gasteiger partial charge in [-0.25, -0.2) is 4.98 Å². The summed E-state index contributed by atoms with van der Waals surface area (Å²) >= 11 is 0. The molecule has 5 nitrogen and oxygen atoms in total. The van der Waals surface area contributed by atoms with Gasteiger partial charge >= 0.3 is 0 Å². The van der Waals surface area contributed by atoms with Crippen molar-refractivity contribution in [2.24, 2.45) is 0 Å². The molecule has 5 heteroatoms. The molecule has 1 aromatic heterocycles. The van der Waals surface area contributed by atoms with Gasteiger partial charge in [0.25, 0.3) is 0 Å². The minimum Gasteiger partial charge on any atom is -0.507 e. The molecule has 0 aliphatic rings. The number of aryl methyl sites for hydroxylation is 1. The van der Waals surface area contributed by atoms with Gasteiger partial charge in [0.2, 0.25) is 11.8 Å². The number of carbonyl (C=O) groups is 1. The molecular weight excluding hydrogens is 352 g/mol. The highest BCUT2D eigenvalue weighted by atomic mass is 16.3. The second-order valence-electron chi connectivity index (χ2n) is 6.46. The number of anilines is 1. The minimum absolute atomic E-state index is 0.0288. The Morgan fingerprint density at radius 3 is 2.71 bits per heavy atom. The number of rotatable bonds is 4. The molecule has 0 fully saturated rings. The first kappa shape index (κ1) is 17.5. The maximum Gasteiger partial charge on any atom is 0.248 e. The van der Waals surface area contributed by atoms with E-state index in [4.69, 9.17) is 4.42 Å². The topological polar surface area (TPSA) is 75.4 Å². The van der Waals surface area contributed by atoms with Crippen LogP contribution in [0.1, 0.15) is 11.1 Å². The molecule has 0 bridgehead atoms. The number of oxazole rings is 1. The summed E-state index contributed by atoms with van der Waals surface area (Å²) in [5.74, 6) is 0.0591. The second-order valence-corrected chi connectivity index (χ2v) is 6.46. The van der Waals surface area contributed by atoms with Gasteiger partial charge in [0.05, 0.1) is 5.56 Å². The fourth-order valence-corrected chi connectivity index (χ4v) is 2.86. The Morgan fingerprint density at radius 2 is 1.89 bits per heavy atom. The first-order valence-electron chi connectivity index (χ1n) is 8.83. The lowest BCUT2D eigenvalue weighted by Gasteiger charge is -2.06. The van der Waals surface area contributed by atoms with E-state index in [9.17, 15) is 9.90 Å². The Labute approximate surface area is 162 Å². The normalized spacial score (nSPS) is 11.2. The van der Waals surface area contributed by atoms with E-state index < -0.39 is 0 Å². The molecule has 0 aliphatic carbocycles. The number of nitrogens with one attached hydrogen (secondary N) is 1. The van der Waals surface area contributed by atoms with Crippen LogP contribution in [0.5, 0.6) is 5.75 Å². The zero-order valence-electron chi connectivity index (χ0n) is 15.2. The number of hydrogen-bond acceptors (Lipinski definition) is 4. The van der Waals surface area contributed by atoms with Crippen LogP contribution in [0.3, 0.4) is 0 Å². The maximum atomic E-state index is 12.2. The number of amides is 1. The van der Waals surface area contributed by atoms with Crippen molar-refractivity contribution in [1.29, 1.82) is 0 Å². The molecule has 3 aromatic carbocycles. The van der Waals surface area contributed by atoms with Gasteiger partial charge in [0, 0.05) is 11.8 Å². The van der Waals surface area contributed by atoms with E-state index in [1.54, 1.807) is 18.2 Å². The Morgan fingerprint density at radius 1 is 1.07 bits per heavy atom. The van der Waals surface area contributed by atoms with Crippen molar-refractivity contribution in [2.75, 3.05) is 5.32 Å². The largest absolute Gasteiger partial charge is 0.507 e. The first-order chi connectivity index (χ1) is 13.6. The number of hydrogen-bond donors (Lipinski definition) is 2. The molecule has 0 radical (unpaired) electrons. The van der Waals surface area contributed by atoms with E-state index in [2.05, 4.69) is 10.3 Å². The molecule has 2 N–H and O–H groups in total. The zero-order chi connectivity index (χ0) is 19.5. The van der Waals surface area contributed by atoms with Crippen molar-refractivity contribution >= 4 is 28.8 Å². The predicted octanol–water partition coefficient (Wildman–Crippen LogP) is 5.16. The molecular formula is C23H18N2O3. The summed E-state index contributed by atoms with van der Waals surface area (Å²) < 4.78 is 5.76. The van der Waals surface area contributed by atoms with E-state index in [1.807, 2.05) is 55.5 Å². The average Bonchev–Trinajstić information content (AvgIpc) is 3.11. The number of aromatic nitrogens is 1. The summed E-state index contributed by atoms with van der Waals surface area (Å²) in [5, 5.41) is 13.0.